The van der Waals surface area contributed by atoms with Gasteiger partial charge in [0.05, 0.1) is 0 Å². The Kier molecular flexibility index (Phi) is 4.37. The molecule has 1 saturated carbocycles. The molecule has 1 aliphatic rings. The van der Waals surface area contributed by atoms with Gasteiger partial charge in [0.25, 0.3) is 5.91 Å². The van der Waals surface area contributed by atoms with Crippen molar-refractivity contribution in [1.82, 2.24) is 4.90 Å². The highest BCUT2D eigenvalue weighted by Gasteiger charge is 2.32. The van der Waals surface area contributed by atoms with Gasteiger partial charge >= 0.3 is 0 Å². The minimum atomic E-state index is 0.168. The van der Waals surface area contributed by atoms with Crippen molar-refractivity contribution in [1.29, 1.82) is 0 Å². The Hall–Kier alpha value is -1.35. The number of hydrogen-bond donors (Lipinski definition) is 1. The zero-order valence-electron chi connectivity index (χ0n) is 11.1. The topological polar surface area (TPSA) is 46.3 Å². The fraction of sp³-hybridized carbons (Fsp3) is 0.533. The van der Waals surface area contributed by atoms with Crippen LogP contribution in [0.3, 0.4) is 0 Å². The van der Waals surface area contributed by atoms with E-state index in [0.29, 0.717) is 12.6 Å². The molecule has 0 spiro atoms. The normalized spacial score (nSPS) is 14.6. The lowest BCUT2D eigenvalue weighted by Crippen LogP contribution is -2.34. The third kappa shape index (κ3) is 3.10. The number of benzene rings is 1. The zero-order chi connectivity index (χ0) is 13.0. The highest BCUT2D eigenvalue weighted by Crippen LogP contribution is 2.28. The highest BCUT2D eigenvalue weighted by molar-refractivity contribution is 5.94. The zero-order valence-corrected chi connectivity index (χ0v) is 11.1. The van der Waals surface area contributed by atoms with Gasteiger partial charge in [-0.1, -0.05) is 25.5 Å². The van der Waals surface area contributed by atoms with Gasteiger partial charge in [-0.15, -0.1) is 0 Å². The van der Waals surface area contributed by atoms with Crippen LogP contribution >= 0.6 is 0 Å². The van der Waals surface area contributed by atoms with Crippen LogP contribution in [0.4, 0.5) is 0 Å². The number of nitrogens with zero attached hydrogens (tertiary/aromatic N) is 1. The van der Waals surface area contributed by atoms with Crippen molar-refractivity contribution < 1.29 is 4.79 Å². The number of carbonyl (C=O) groups is 1. The van der Waals surface area contributed by atoms with Gasteiger partial charge in [-0.2, -0.15) is 0 Å². The van der Waals surface area contributed by atoms with Crippen LogP contribution in [0, 0.1) is 0 Å². The molecule has 1 aromatic rings. The standard InChI is InChI=1S/C15H22N2O/c1-2-3-9-17(14-7-8-14)15(18)13-6-4-5-12(10-13)11-16/h4-6,10,14H,2-3,7-9,11,16H2,1H3. The van der Waals surface area contributed by atoms with E-state index in [1.165, 1.54) is 0 Å². The Morgan fingerprint density at radius 2 is 2.22 bits per heavy atom. The first kappa shape index (κ1) is 13.1. The van der Waals surface area contributed by atoms with E-state index in [2.05, 4.69) is 6.92 Å². The van der Waals surface area contributed by atoms with E-state index in [4.69, 9.17) is 5.73 Å². The molecular weight excluding hydrogens is 224 g/mol. The Bertz CT molecular complexity index is 413. The third-order valence-electron chi connectivity index (χ3n) is 3.41. The summed E-state index contributed by atoms with van der Waals surface area (Å²) in [6.07, 6.45) is 4.52. The molecule has 0 atom stereocenters. The van der Waals surface area contributed by atoms with Gasteiger partial charge in [0, 0.05) is 24.7 Å². The van der Waals surface area contributed by atoms with Gasteiger partial charge in [0.1, 0.15) is 0 Å². The van der Waals surface area contributed by atoms with Crippen LogP contribution < -0.4 is 5.73 Å². The first-order valence-corrected chi connectivity index (χ1v) is 6.86. The molecule has 0 saturated heterocycles. The van der Waals surface area contributed by atoms with Crippen molar-refractivity contribution >= 4 is 5.91 Å². The largest absolute Gasteiger partial charge is 0.336 e. The minimum Gasteiger partial charge on any atom is -0.336 e. The van der Waals surface area contributed by atoms with Crippen LogP contribution in [0.2, 0.25) is 0 Å². The molecule has 0 aliphatic heterocycles. The minimum absolute atomic E-state index is 0.168. The summed E-state index contributed by atoms with van der Waals surface area (Å²) in [7, 11) is 0. The van der Waals surface area contributed by atoms with Crippen molar-refractivity contribution in [3.8, 4) is 0 Å². The van der Waals surface area contributed by atoms with Crippen LogP contribution in [0.1, 0.15) is 48.5 Å². The summed E-state index contributed by atoms with van der Waals surface area (Å²) in [5.74, 6) is 0.168. The van der Waals surface area contributed by atoms with E-state index < -0.39 is 0 Å². The molecule has 2 N–H and O–H groups in total. The quantitative estimate of drug-likeness (QED) is 0.838. The first-order valence-electron chi connectivity index (χ1n) is 6.86. The Morgan fingerprint density at radius 3 is 2.83 bits per heavy atom. The summed E-state index contributed by atoms with van der Waals surface area (Å²) in [6, 6.07) is 8.17. The molecule has 0 radical (unpaired) electrons. The molecule has 1 aromatic carbocycles. The molecule has 0 aromatic heterocycles. The molecule has 1 fully saturated rings. The van der Waals surface area contributed by atoms with Gasteiger partial charge in [0.2, 0.25) is 0 Å². The maximum absolute atomic E-state index is 12.5. The Balaban J connectivity index is 2.11. The SMILES string of the molecule is CCCCN(C(=O)c1cccc(CN)c1)C1CC1. The van der Waals surface area contributed by atoms with Crippen LogP contribution in [-0.4, -0.2) is 23.4 Å². The highest BCUT2D eigenvalue weighted by atomic mass is 16.2. The predicted molar refractivity (Wildman–Crippen MR) is 73.3 cm³/mol. The first-order chi connectivity index (χ1) is 8.76. The summed E-state index contributed by atoms with van der Waals surface area (Å²) in [6.45, 7) is 3.52. The molecule has 1 aliphatic carbocycles. The lowest BCUT2D eigenvalue weighted by molar-refractivity contribution is 0.0740. The molecule has 2 rings (SSSR count). The maximum atomic E-state index is 12.5. The second kappa shape index (κ2) is 6.01. The fourth-order valence-corrected chi connectivity index (χ4v) is 2.16. The molecule has 1 amide bonds. The second-order valence-electron chi connectivity index (χ2n) is 4.99. The number of carbonyl (C=O) groups excluding carboxylic acids is 1. The number of amides is 1. The number of nitrogens with two attached hydrogens (primary N) is 1. The Labute approximate surface area is 109 Å². The van der Waals surface area contributed by atoms with Gasteiger partial charge in [-0.25, -0.2) is 0 Å². The lowest BCUT2D eigenvalue weighted by atomic mass is 10.1. The van der Waals surface area contributed by atoms with Gasteiger partial charge in [-0.05, 0) is 37.0 Å². The maximum Gasteiger partial charge on any atom is 0.254 e. The number of rotatable bonds is 6. The van der Waals surface area contributed by atoms with E-state index in [1.54, 1.807) is 0 Å². The average molecular weight is 246 g/mol. The monoisotopic (exact) mass is 246 g/mol. The van der Waals surface area contributed by atoms with E-state index >= 15 is 0 Å². The Morgan fingerprint density at radius 1 is 1.44 bits per heavy atom. The fourth-order valence-electron chi connectivity index (χ4n) is 2.16. The lowest BCUT2D eigenvalue weighted by Gasteiger charge is -2.22. The van der Waals surface area contributed by atoms with Crippen molar-refractivity contribution in [2.45, 2.75) is 45.2 Å². The molecule has 18 heavy (non-hydrogen) atoms. The van der Waals surface area contributed by atoms with Crippen LogP contribution in [0.15, 0.2) is 24.3 Å². The van der Waals surface area contributed by atoms with Gasteiger partial charge in [0.15, 0.2) is 0 Å². The predicted octanol–water partition coefficient (Wildman–Crippen LogP) is 2.55. The van der Waals surface area contributed by atoms with Crippen molar-refractivity contribution in [2.75, 3.05) is 6.54 Å². The summed E-state index contributed by atoms with van der Waals surface area (Å²) in [4.78, 5) is 14.5. The van der Waals surface area contributed by atoms with Crippen LogP contribution in [0.5, 0.6) is 0 Å². The molecule has 98 valence electrons. The summed E-state index contributed by atoms with van der Waals surface area (Å²) in [5.41, 5.74) is 7.42. The number of unbranched alkanes of at least 4 members (excludes halogenated alkanes) is 1. The molecule has 0 unspecified atom stereocenters. The van der Waals surface area contributed by atoms with Crippen LogP contribution in [0.25, 0.3) is 0 Å². The van der Waals surface area contributed by atoms with E-state index in [0.717, 1.165) is 43.4 Å². The van der Waals surface area contributed by atoms with E-state index in [9.17, 15) is 4.79 Å². The molecule has 0 bridgehead atoms. The summed E-state index contributed by atoms with van der Waals surface area (Å²) < 4.78 is 0. The summed E-state index contributed by atoms with van der Waals surface area (Å²) in [5, 5.41) is 0. The molecule has 0 heterocycles. The number of hydrogen-bond acceptors (Lipinski definition) is 2. The summed E-state index contributed by atoms with van der Waals surface area (Å²) >= 11 is 0. The van der Waals surface area contributed by atoms with E-state index in [1.807, 2.05) is 29.2 Å². The van der Waals surface area contributed by atoms with Crippen molar-refractivity contribution in [3.05, 3.63) is 35.4 Å². The average Bonchev–Trinajstić information content (AvgIpc) is 3.23. The second-order valence-corrected chi connectivity index (χ2v) is 4.99. The van der Waals surface area contributed by atoms with Gasteiger partial charge in [-0.3, -0.25) is 4.79 Å². The van der Waals surface area contributed by atoms with E-state index in [-0.39, 0.29) is 5.91 Å². The smallest absolute Gasteiger partial charge is 0.254 e. The third-order valence-corrected chi connectivity index (χ3v) is 3.41. The molecule has 3 nitrogen and oxygen atoms in total. The molecular formula is C15H22N2O. The molecule has 3 heteroatoms. The van der Waals surface area contributed by atoms with Crippen LogP contribution in [-0.2, 0) is 6.54 Å². The van der Waals surface area contributed by atoms with Crippen molar-refractivity contribution in [3.63, 3.8) is 0 Å². The van der Waals surface area contributed by atoms with Crippen molar-refractivity contribution in [2.24, 2.45) is 5.73 Å². The van der Waals surface area contributed by atoms with Gasteiger partial charge < -0.3 is 10.6 Å².